The van der Waals surface area contributed by atoms with Crippen molar-refractivity contribution in [3.8, 4) is 0 Å². The first-order valence-electron chi connectivity index (χ1n) is 1.30. The standard InChI is InChI=1S/C3H4NO2/c1-2(5)3(4)6/h1H2,(H2,4,6). The topological polar surface area (TPSA) is 60.2 Å². The molecule has 0 aliphatic heterocycles. The Hall–Kier alpha value is -0.860. The van der Waals surface area contributed by atoms with E-state index in [1.807, 2.05) is 0 Å². The summed E-state index contributed by atoms with van der Waals surface area (Å²) in [5.74, 6) is -1.84. The van der Waals surface area contributed by atoms with Crippen LogP contribution in [0, 0.1) is 6.92 Å². The number of primary amides is 1. The molecule has 0 saturated carbocycles. The fourth-order valence-electron chi connectivity index (χ4n) is 0. The fourth-order valence-corrected chi connectivity index (χ4v) is 0. The SMILES string of the molecule is [CH2]C(=O)C(N)=O. The minimum Gasteiger partial charge on any atom is -0.363 e. The lowest BCUT2D eigenvalue weighted by molar-refractivity contribution is -0.133. The van der Waals surface area contributed by atoms with Crippen molar-refractivity contribution in [3.63, 3.8) is 0 Å². The second-order valence-electron chi connectivity index (χ2n) is 0.787. The van der Waals surface area contributed by atoms with Crippen molar-refractivity contribution in [2.45, 2.75) is 0 Å². The fraction of sp³-hybridized carbons (Fsp3) is 0. The number of carbonyl (C=O) groups excluding carboxylic acids is 2. The van der Waals surface area contributed by atoms with E-state index in [0.29, 0.717) is 0 Å². The van der Waals surface area contributed by atoms with E-state index in [4.69, 9.17) is 0 Å². The van der Waals surface area contributed by atoms with E-state index in [1.165, 1.54) is 0 Å². The van der Waals surface area contributed by atoms with Crippen molar-refractivity contribution in [1.82, 2.24) is 0 Å². The van der Waals surface area contributed by atoms with E-state index in [0.717, 1.165) is 0 Å². The summed E-state index contributed by atoms with van der Waals surface area (Å²) in [4.78, 5) is 19.1. The molecule has 1 radical (unpaired) electrons. The Kier molecular flexibility index (Phi) is 1.32. The van der Waals surface area contributed by atoms with E-state index < -0.39 is 11.7 Å². The lowest BCUT2D eigenvalue weighted by Gasteiger charge is -1.74. The third kappa shape index (κ3) is 1.46. The molecule has 0 heterocycles. The number of rotatable bonds is 1. The molecular formula is C3H4NO2. The largest absolute Gasteiger partial charge is 0.363 e. The van der Waals surface area contributed by atoms with Gasteiger partial charge < -0.3 is 5.73 Å². The molecule has 0 saturated heterocycles. The maximum Gasteiger partial charge on any atom is 0.284 e. The van der Waals surface area contributed by atoms with Crippen LogP contribution in [-0.2, 0) is 9.59 Å². The number of ketones is 1. The quantitative estimate of drug-likeness (QED) is 0.410. The highest BCUT2D eigenvalue weighted by Gasteiger charge is 1.95. The van der Waals surface area contributed by atoms with Crippen LogP contribution in [0.1, 0.15) is 0 Å². The molecule has 0 aromatic carbocycles. The zero-order valence-corrected chi connectivity index (χ0v) is 3.10. The maximum atomic E-state index is 9.56. The molecule has 0 aromatic rings. The third-order valence-corrected chi connectivity index (χ3v) is 0.275. The van der Waals surface area contributed by atoms with Gasteiger partial charge in [0.1, 0.15) is 0 Å². The van der Waals surface area contributed by atoms with Gasteiger partial charge in [-0.3, -0.25) is 9.59 Å². The van der Waals surface area contributed by atoms with E-state index in [1.54, 1.807) is 0 Å². The predicted molar refractivity (Wildman–Crippen MR) is 19.6 cm³/mol. The van der Waals surface area contributed by atoms with Gasteiger partial charge in [-0.1, -0.05) is 0 Å². The van der Waals surface area contributed by atoms with E-state index in [2.05, 4.69) is 12.7 Å². The minimum atomic E-state index is -0.991. The summed E-state index contributed by atoms with van der Waals surface area (Å²) in [5.41, 5.74) is 4.38. The van der Waals surface area contributed by atoms with Gasteiger partial charge in [-0.05, 0) is 0 Å². The summed E-state index contributed by atoms with van der Waals surface area (Å²) >= 11 is 0. The number of amides is 1. The van der Waals surface area contributed by atoms with Crippen LogP contribution in [0.5, 0.6) is 0 Å². The van der Waals surface area contributed by atoms with E-state index in [9.17, 15) is 9.59 Å². The molecule has 33 valence electrons. The zero-order valence-electron chi connectivity index (χ0n) is 3.10. The average Bonchev–Trinajstić information content (AvgIpc) is 1.36. The Morgan fingerprint density at radius 1 is 1.50 bits per heavy atom. The molecule has 0 rings (SSSR count). The predicted octanol–water partition coefficient (Wildman–Crippen LogP) is -1.13. The smallest absolute Gasteiger partial charge is 0.284 e. The molecule has 3 heteroatoms. The molecule has 0 spiro atoms. The molecule has 0 fully saturated rings. The number of hydrogen-bond acceptors (Lipinski definition) is 2. The van der Waals surface area contributed by atoms with E-state index >= 15 is 0 Å². The molecule has 1 amide bonds. The van der Waals surface area contributed by atoms with Crippen LogP contribution < -0.4 is 5.73 Å². The van der Waals surface area contributed by atoms with Gasteiger partial charge in [-0.2, -0.15) is 0 Å². The third-order valence-electron chi connectivity index (χ3n) is 0.275. The van der Waals surface area contributed by atoms with Crippen molar-refractivity contribution < 1.29 is 9.59 Å². The highest BCUT2D eigenvalue weighted by Crippen LogP contribution is 1.56. The summed E-state index contributed by atoms with van der Waals surface area (Å²) in [5, 5.41) is 0. The van der Waals surface area contributed by atoms with Crippen molar-refractivity contribution >= 4 is 11.7 Å². The first-order valence-corrected chi connectivity index (χ1v) is 1.30. The number of nitrogens with two attached hydrogens (primary N) is 1. The molecule has 3 nitrogen and oxygen atoms in total. The summed E-state index contributed by atoms with van der Waals surface area (Å²) in [6, 6.07) is 0. The molecule has 0 bridgehead atoms. The van der Waals surface area contributed by atoms with Gasteiger partial charge in [0, 0.05) is 6.92 Å². The minimum absolute atomic E-state index is 0.852. The maximum absolute atomic E-state index is 9.56. The van der Waals surface area contributed by atoms with Gasteiger partial charge in [0.15, 0.2) is 0 Å². The lowest BCUT2D eigenvalue weighted by atomic mass is 10.4. The van der Waals surface area contributed by atoms with Crippen LogP contribution in [-0.4, -0.2) is 11.7 Å². The Morgan fingerprint density at radius 3 is 1.67 bits per heavy atom. The molecule has 2 N–H and O–H groups in total. The first kappa shape index (κ1) is 5.14. The zero-order chi connectivity index (χ0) is 5.15. The van der Waals surface area contributed by atoms with Crippen LogP contribution in [0.3, 0.4) is 0 Å². The van der Waals surface area contributed by atoms with E-state index in [-0.39, 0.29) is 0 Å². The van der Waals surface area contributed by atoms with Crippen molar-refractivity contribution in [2.75, 3.05) is 0 Å². The summed E-state index contributed by atoms with van der Waals surface area (Å²) in [6.45, 7) is 2.72. The van der Waals surface area contributed by atoms with Crippen molar-refractivity contribution in [2.24, 2.45) is 5.73 Å². The summed E-state index contributed by atoms with van der Waals surface area (Å²) < 4.78 is 0. The molecule has 0 aliphatic carbocycles. The molecule has 0 atom stereocenters. The van der Waals surface area contributed by atoms with Crippen LogP contribution >= 0.6 is 0 Å². The normalized spacial score (nSPS) is 7.50. The average molecular weight is 86.1 g/mol. The lowest BCUT2D eigenvalue weighted by Crippen LogP contribution is -2.19. The highest BCUT2D eigenvalue weighted by molar-refractivity contribution is 6.37. The molecule has 0 unspecified atom stereocenters. The molecule has 0 aliphatic rings. The monoisotopic (exact) mass is 86.0 g/mol. The Bertz CT molecular complexity index is 74.8. The number of carbonyl (C=O) groups is 2. The van der Waals surface area contributed by atoms with Gasteiger partial charge in [0.05, 0.1) is 0 Å². The summed E-state index contributed by atoms with van der Waals surface area (Å²) in [7, 11) is 0. The Labute approximate surface area is 35.1 Å². The van der Waals surface area contributed by atoms with Crippen LogP contribution in [0.25, 0.3) is 0 Å². The molecular weight excluding hydrogens is 82.0 g/mol. The van der Waals surface area contributed by atoms with Gasteiger partial charge in [-0.25, -0.2) is 0 Å². The van der Waals surface area contributed by atoms with Gasteiger partial charge in [0.2, 0.25) is 5.78 Å². The second-order valence-corrected chi connectivity index (χ2v) is 0.787. The number of hydrogen-bond donors (Lipinski definition) is 1. The van der Waals surface area contributed by atoms with Crippen molar-refractivity contribution in [1.29, 1.82) is 0 Å². The van der Waals surface area contributed by atoms with Gasteiger partial charge in [-0.15, -0.1) is 0 Å². The van der Waals surface area contributed by atoms with Crippen LogP contribution in [0.2, 0.25) is 0 Å². The van der Waals surface area contributed by atoms with Gasteiger partial charge in [0.25, 0.3) is 5.91 Å². The number of Topliss-reactive ketones (excluding diaryl/α,β-unsaturated/α-hetero) is 1. The molecule has 0 aromatic heterocycles. The van der Waals surface area contributed by atoms with Crippen LogP contribution in [0.15, 0.2) is 0 Å². The van der Waals surface area contributed by atoms with Gasteiger partial charge >= 0.3 is 0 Å². The molecule has 6 heavy (non-hydrogen) atoms. The Balaban J connectivity index is 3.57. The summed E-state index contributed by atoms with van der Waals surface area (Å²) in [6.07, 6.45) is 0. The Morgan fingerprint density at radius 2 is 1.67 bits per heavy atom. The highest BCUT2D eigenvalue weighted by atomic mass is 16.2. The second kappa shape index (κ2) is 1.55. The first-order chi connectivity index (χ1) is 2.64. The van der Waals surface area contributed by atoms with Crippen LogP contribution in [0.4, 0.5) is 0 Å². The van der Waals surface area contributed by atoms with Crippen molar-refractivity contribution in [3.05, 3.63) is 6.92 Å².